The van der Waals surface area contributed by atoms with Gasteiger partial charge in [-0.15, -0.1) is 0 Å². The van der Waals surface area contributed by atoms with Crippen LogP contribution in [0, 0.1) is 0 Å². The molecule has 120 valence electrons. The third-order valence-corrected chi connectivity index (χ3v) is 3.39. The Morgan fingerprint density at radius 3 is 2.78 bits per heavy atom. The molecule has 2 aromatic carbocycles. The molecule has 2 rings (SSSR count). The van der Waals surface area contributed by atoms with Crippen molar-refractivity contribution in [1.82, 2.24) is 0 Å². The molecule has 0 fully saturated rings. The maximum Gasteiger partial charge on any atom is 0.265 e. The van der Waals surface area contributed by atoms with E-state index in [2.05, 4.69) is 10.5 Å². The van der Waals surface area contributed by atoms with E-state index in [1.54, 1.807) is 24.3 Å². The Hall–Kier alpha value is -2.53. The molecule has 0 aliphatic heterocycles. The normalized spacial score (nSPS) is 11.1. The zero-order chi connectivity index (χ0) is 16.7. The van der Waals surface area contributed by atoms with Crippen molar-refractivity contribution in [3.63, 3.8) is 0 Å². The maximum atomic E-state index is 11.9. The molecule has 0 saturated carbocycles. The van der Waals surface area contributed by atoms with Crippen LogP contribution < -0.4 is 11.1 Å². The van der Waals surface area contributed by atoms with Crippen LogP contribution in [0.3, 0.4) is 0 Å². The number of amidine groups is 1. The van der Waals surface area contributed by atoms with Crippen molar-refractivity contribution in [2.75, 3.05) is 11.9 Å². The van der Waals surface area contributed by atoms with Gasteiger partial charge in [0.2, 0.25) is 0 Å². The zero-order valence-electron chi connectivity index (χ0n) is 12.8. The Balaban J connectivity index is 1.90. The summed E-state index contributed by atoms with van der Waals surface area (Å²) in [4.78, 5) is 16.9. The SMILES string of the molecule is CCc1ccccc1NC(=O)CO/N=C(/N)c1cccc(Cl)c1. The summed E-state index contributed by atoms with van der Waals surface area (Å²) in [6.45, 7) is 1.80. The van der Waals surface area contributed by atoms with Crippen LogP contribution in [-0.2, 0) is 16.1 Å². The summed E-state index contributed by atoms with van der Waals surface area (Å²) < 4.78 is 0. The van der Waals surface area contributed by atoms with E-state index in [0.717, 1.165) is 17.7 Å². The monoisotopic (exact) mass is 331 g/mol. The van der Waals surface area contributed by atoms with Gasteiger partial charge in [0.1, 0.15) is 0 Å². The molecule has 0 aliphatic carbocycles. The summed E-state index contributed by atoms with van der Waals surface area (Å²) in [5.74, 6) is -0.136. The minimum absolute atomic E-state index is 0.161. The number of carbonyl (C=O) groups is 1. The topological polar surface area (TPSA) is 76.7 Å². The highest BCUT2D eigenvalue weighted by Gasteiger charge is 2.06. The van der Waals surface area contributed by atoms with Crippen molar-refractivity contribution in [2.24, 2.45) is 10.9 Å². The van der Waals surface area contributed by atoms with Gasteiger partial charge >= 0.3 is 0 Å². The van der Waals surface area contributed by atoms with E-state index >= 15 is 0 Å². The second kappa shape index (κ2) is 8.19. The van der Waals surface area contributed by atoms with Gasteiger partial charge in [0.05, 0.1) is 0 Å². The lowest BCUT2D eigenvalue weighted by molar-refractivity contribution is -0.120. The number of carbonyl (C=O) groups excluding carboxylic acids is 1. The molecule has 6 heteroatoms. The summed E-state index contributed by atoms with van der Waals surface area (Å²) in [5.41, 5.74) is 8.25. The maximum absolute atomic E-state index is 11.9. The van der Waals surface area contributed by atoms with E-state index in [4.69, 9.17) is 22.2 Å². The molecule has 23 heavy (non-hydrogen) atoms. The van der Waals surface area contributed by atoms with Crippen molar-refractivity contribution in [3.05, 3.63) is 64.7 Å². The number of hydrogen-bond donors (Lipinski definition) is 2. The van der Waals surface area contributed by atoms with E-state index in [9.17, 15) is 4.79 Å². The van der Waals surface area contributed by atoms with Gasteiger partial charge in [0.25, 0.3) is 5.91 Å². The number of amides is 1. The molecule has 1 amide bonds. The van der Waals surface area contributed by atoms with Gasteiger partial charge in [0.15, 0.2) is 12.4 Å². The first-order chi connectivity index (χ1) is 11.1. The smallest absolute Gasteiger partial charge is 0.265 e. The van der Waals surface area contributed by atoms with Gasteiger partial charge < -0.3 is 15.9 Å². The number of nitrogens with zero attached hydrogens (tertiary/aromatic N) is 1. The number of anilines is 1. The summed E-state index contributed by atoms with van der Waals surface area (Å²) in [6.07, 6.45) is 0.831. The molecule has 0 saturated heterocycles. The third kappa shape index (κ3) is 5.00. The molecule has 0 aliphatic rings. The number of oxime groups is 1. The van der Waals surface area contributed by atoms with E-state index in [0.29, 0.717) is 10.6 Å². The Labute approximate surface area is 140 Å². The molecule has 0 bridgehead atoms. The molecular weight excluding hydrogens is 314 g/mol. The van der Waals surface area contributed by atoms with Gasteiger partial charge in [-0.25, -0.2) is 0 Å². The standard InChI is InChI=1S/C17H18ClN3O2/c1-2-12-6-3-4-9-15(12)20-16(22)11-23-21-17(19)13-7-5-8-14(18)10-13/h3-10H,2,11H2,1H3,(H2,19,21)(H,20,22). The lowest BCUT2D eigenvalue weighted by Crippen LogP contribution is -2.20. The van der Waals surface area contributed by atoms with E-state index in [1.807, 2.05) is 31.2 Å². The predicted molar refractivity (Wildman–Crippen MR) is 92.6 cm³/mol. The quantitative estimate of drug-likeness (QED) is 0.485. The number of rotatable bonds is 6. The highest BCUT2D eigenvalue weighted by Crippen LogP contribution is 2.15. The molecule has 3 N–H and O–H groups in total. The lowest BCUT2D eigenvalue weighted by Gasteiger charge is -2.09. The number of nitrogens with one attached hydrogen (secondary N) is 1. The summed E-state index contributed by atoms with van der Waals surface area (Å²) in [7, 11) is 0. The molecule has 2 aromatic rings. The Morgan fingerprint density at radius 2 is 2.04 bits per heavy atom. The highest BCUT2D eigenvalue weighted by atomic mass is 35.5. The van der Waals surface area contributed by atoms with E-state index in [1.165, 1.54) is 0 Å². The van der Waals surface area contributed by atoms with Crippen molar-refractivity contribution in [1.29, 1.82) is 0 Å². The van der Waals surface area contributed by atoms with Crippen LogP contribution in [0.15, 0.2) is 53.7 Å². The number of aryl methyl sites for hydroxylation is 1. The fraction of sp³-hybridized carbons (Fsp3) is 0.176. The molecule has 0 heterocycles. The van der Waals surface area contributed by atoms with Crippen molar-refractivity contribution in [2.45, 2.75) is 13.3 Å². The molecular formula is C17H18ClN3O2. The van der Waals surface area contributed by atoms with Crippen LogP contribution in [0.4, 0.5) is 5.69 Å². The molecule has 0 unspecified atom stereocenters. The first kappa shape index (κ1) is 16.8. The number of para-hydroxylation sites is 1. The molecule has 0 radical (unpaired) electrons. The first-order valence-electron chi connectivity index (χ1n) is 7.19. The Bertz CT molecular complexity index is 716. The molecule has 0 atom stereocenters. The first-order valence-corrected chi connectivity index (χ1v) is 7.57. The van der Waals surface area contributed by atoms with Crippen LogP contribution in [-0.4, -0.2) is 18.3 Å². The van der Waals surface area contributed by atoms with Crippen molar-refractivity contribution >= 4 is 29.0 Å². The number of halogens is 1. The minimum atomic E-state index is -0.298. The Kier molecular flexibility index (Phi) is 6.00. The highest BCUT2D eigenvalue weighted by molar-refractivity contribution is 6.31. The van der Waals surface area contributed by atoms with Crippen LogP contribution in [0.5, 0.6) is 0 Å². The predicted octanol–water partition coefficient (Wildman–Crippen LogP) is 3.18. The van der Waals surface area contributed by atoms with Gasteiger partial charge in [-0.05, 0) is 30.2 Å². The summed E-state index contributed by atoms with van der Waals surface area (Å²) in [5, 5.41) is 7.07. The third-order valence-electron chi connectivity index (χ3n) is 3.15. The van der Waals surface area contributed by atoms with Crippen LogP contribution >= 0.6 is 11.6 Å². The van der Waals surface area contributed by atoms with E-state index in [-0.39, 0.29) is 18.3 Å². The summed E-state index contributed by atoms with van der Waals surface area (Å²) in [6, 6.07) is 14.5. The number of nitrogens with two attached hydrogens (primary N) is 1. The average molecular weight is 332 g/mol. The zero-order valence-corrected chi connectivity index (χ0v) is 13.5. The fourth-order valence-corrected chi connectivity index (χ4v) is 2.19. The van der Waals surface area contributed by atoms with Crippen molar-refractivity contribution < 1.29 is 9.63 Å². The van der Waals surface area contributed by atoms with Gasteiger partial charge in [-0.3, -0.25) is 4.79 Å². The van der Waals surface area contributed by atoms with Crippen LogP contribution in [0.1, 0.15) is 18.1 Å². The molecule has 0 spiro atoms. The van der Waals surface area contributed by atoms with Crippen LogP contribution in [0.25, 0.3) is 0 Å². The lowest BCUT2D eigenvalue weighted by atomic mass is 10.1. The largest absolute Gasteiger partial charge is 0.384 e. The minimum Gasteiger partial charge on any atom is -0.384 e. The average Bonchev–Trinajstić information content (AvgIpc) is 2.55. The number of hydrogen-bond acceptors (Lipinski definition) is 3. The van der Waals surface area contributed by atoms with Gasteiger partial charge in [-0.1, -0.05) is 54.0 Å². The number of benzene rings is 2. The second-order valence-corrected chi connectivity index (χ2v) is 5.26. The van der Waals surface area contributed by atoms with Crippen LogP contribution in [0.2, 0.25) is 5.02 Å². The van der Waals surface area contributed by atoms with Gasteiger partial charge in [0, 0.05) is 16.3 Å². The second-order valence-electron chi connectivity index (χ2n) is 4.82. The fourth-order valence-electron chi connectivity index (χ4n) is 2.00. The van der Waals surface area contributed by atoms with E-state index < -0.39 is 0 Å². The molecule has 0 aromatic heterocycles. The van der Waals surface area contributed by atoms with Gasteiger partial charge in [-0.2, -0.15) is 0 Å². The molecule has 5 nitrogen and oxygen atoms in total. The Morgan fingerprint density at radius 1 is 1.26 bits per heavy atom. The summed E-state index contributed by atoms with van der Waals surface area (Å²) >= 11 is 5.88. The van der Waals surface area contributed by atoms with Crippen molar-refractivity contribution in [3.8, 4) is 0 Å².